The van der Waals surface area contributed by atoms with Crippen molar-refractivity contribution < 1.29 is 9.47 Å². The highest BCUT2D eigenvalue weighted by atomic mass is 35.5. The van der Waals surface area contributed by atoms with Crippen LogP contribution >= 0.6 is 11.6 Å². The van der Waals surface area contributed by atoms with Gasteiger partial charge in [-0.2, -0.15) is 5.10 Å². The van der Waals surface area contributed by atoms with Gasteiger partial charge in [0.2, 0.25) is 5.95 Å². The summed E-state index contributed by atoms with van der Waals surface area (Å²) in [6, 6.07) is 5.44. The summed E-state index contributed by atoms with van der Waals surface area (Å²) in [5.41, 5.74) is 5.33. The SMILES string of the molecule is CCOc1c(Cl)cc(/C=N\Nc2nc(C)cc(C)n2)cc1OC. The molecular formula is C16H19ClN4O2. The maximum Gasteiger partial charge on any atom is 0.243 e. The molecule has 0 unspecified atom stereocenters. The number of halogens is 1. The van der Waals surface area contributed by atoms with Gasteiger partial charge in [0.1, 0.15) is 0 Å². The number of rotatable bonds is 6. The van der Waals surface area contributed by atoms with E-state index in [4.69, 9.17) is 21.1 Å². The molecule has 0 radical (unpaired) electrons. The lowest BCUT2D eigenvalue weighted by Gasteiger charge is -2.11. The van der Waals surface area contributed by atoms with E-state index >= 15 is 0 Å². The average Bonchev–Trinajstić information content (AvgIpc) is 2.48. The molecule has 2 rings (SSSR count). The Hall–Kier alpha value is -2.34. The molecule has 1 heterocycles. The zero-order chi connectivity index (χ0) is 16.8. The van der Waals surface area contributed by atoms with Gasteiger partial charge in [-0.05, 0) is 44.5 Å². The lowest BCUT2D eigenvalue weighted by atomic mass is 10.2. The number of hydrogen-bond acceptors (Lipinski definition) is 6. The van der Waals surface area contributed by atoms with E-state index in [0.717, 1.165) is 17.0 Å². The second-order valence-corrected chi connectivity index (χ2v) is 5.22. The predicted molar refractivity (Wildman–Crippen MR) is 91.9 cm³/mol. The van der Waals surface area contributed by atoms with Crippen molar-refractivity contribution in [3.05, 3.63) is 40.2 Å². The molecule has 0 spiro atoms. The molecule has 7 heteroatoms. The first-order valence-corrected chi connectivity index (χ1v) is 7.53. The first-order valence-electron chi connectivity index (χ1n) is 7.15. The van der Waals surface area contributed by atoms with Crippen molar-refractivity contribution in [1.29, 1.82) is 0 Å². The smallest absolute Gasteiger partial charge is 0.243 e. The zero-order valence-electron chi connectivity index (χ0n) is 13.6. The Balaban J connectivity index is 2.17. The number of hydrogen-bond donors (Lipinski definition) is 1. The fourth-order valence-electron chi connectivity index (χ4n) is 2.04. The number of nitrogens with zero attached hydrogens (tertiary/aromatic N) is 3. The molecule has 0 bridgehead atoms. The van der Waals surface area contributed by atoms with Gasteiger partial charge in [-0.25, -0.2) is 15.4 Å². The topological polar surface area (TPSA) is 68.6 Å². The van der Waals surface area contributed by atoms with Crippen molar-refractivity contribution in [3.8, 4) is 11.5 Å². The van der Waals surface area contributed by atoms with Gasteiger partial charge < -0.3 is 9.47 Å². The van der Waals surface area contributed by atoms with Crippen LogP contribution in [0.1, 0.15) is 23.9 Å². The molecule has 122 valence electrons. The van der Waals surface area contributed by atoms with Gasteiger partial charge >= 0.3 is 0 Å². The lowest BCUT2D eigenvalue weighted by Crippen LogP contribution is -2.00. The maximum atomic E-state index is 6.22. The molecule has 0 aliphatic heterocycles. The number of aromatic nitrogens is 2. The summed E-state index contributed by atoms with van der Waals surface area (Å²) < 4.78 is 10.8. The molecule has 1 N–H and O–H groups in total. The van der Waals surface area contributed by atoms with E-state index < -0.39 is 0 Å². The molecule has 2 aromatic rings. The summed E-state index contributed by atoms with van der Waals surface area (Å²) in [6.07, 6.45) is 1.62. The number of aryl methyl sites for hydroxylation is 2. The van der Waals surface area contributed by atoms with Crippen molar-refractivity contribution in [2.24, 2.45) is 5.10 Å². The largest absolute Gasteiger partial charge is 0.493 e. The van der Waals surface area contributed by atoms with Crippen LogP contribution in [-0.4, -0.2) is 29.9 Å². The van der Waals surface area contributed by atoms with Gasteiger partial charge in [0.15, 0.2) is 11.5 Å². The second-order valence-electron chi connectivity index (χ2n) is 4.81. The Kier molecular flexibility index (Phi) is 5.76. The molecule has 0 fully saturated rings. The summed E-state index contributed by atoms with van der Waals surface area (Å²) in [5.74, 6) is 1.53. The highest BCUT2D eigenvalue weighted by molar-refractivity contribution is 6.32. The Bertz CT molecular complexity index is 699. The number of ether oxygens (including phenoxy) is 2. The van der Waals surface area contributed by atoms with Crippen LogP contribution in [0.2, 0.25) is 5.02 Å². The number of methoxy groups -OCH3 is 1. The number of benzene rings is 1. The third-order valence-corrected chi connectivity index (χ3v) is 3.18. The van der Waals surface area contributed by atoms with Crippen molar-refractivity contribution in [1.82, 2.24) is 9.97 Å². The Morgan fingerprint density at radius 1 is 1.22 bits per heavy atom. The Labute approximate surface area is 140 Å². The van der Waals surface area contributed by atoms with Crippen LogP contribution in [0, 0.1) is 13.8 Å². The van der Waals surface area contributed by atoms with Gasteiger partial charge in [-0.1, -0.05) is 11.6 Å². The third kappa shape index (κ3) is 4.56. The third-order valence-electron chi connectivity index (χ3n) is 2.90. The maximum absolute atomic E-state index is 6.22. The predicted octanol–water partition coefficient (Wildman–Crippen LogP) is 3.60. The van der Waals surface area contributed by atoms with Crippen molar-refractivity contribution >= 4 is 23.8 Å². The minimum absolute atomic E-state index is 0.447. The monoisotopic (exact) mass is 334 g/mol. The summed E-state index contributed by atoms with van der Waals surface area (Å²) in [7, 11) is 1.57. The van der Waals surface area contributed by atoms with E-state index in [1.165, 1.54) is 0 Å². The van der Waals surface area contributed by atoms with Crippen LogP contribution in [0.3, 0.4) is 0 Å². The summed E-state index contributed by atoms with van der Waals surface area (Å²) in [4.78, 5) is 8.50. The second kappa shape index (κ2) is 7.78. The van der Waals surface area contributed by atoms with Gasteiger partial charge in [-0.3, -0.25) is 0 Å². The number of hydrazone groups is 1. The molecule has 0 amide bonds. The van der Waals surface area contributed by atoms with Crippen molar-refractivity contribution in [2.75, 3.05) is 19.1 Å². The molecule has 0 aliphatic carbocycles. The molecule has 6 nitrogen and oxygen atoms in total. The normalized spacial score (nSPS) is 10.8. The number of anilines is 1. The van der Waals surface area contributed by atoms with Crippen LogP contribution in [0.5, 0.6) is 11.5 Å². The van der Waals surface area contributed by atoms with Crippen LogP contribution < -0.4 is 14.9 Å². The Morgan fingerprint density at radius 2 is 1.91 bits per heavy atom. The molecule has 0 atom stereocenters. The standard InChI is InChI=1S/C16H19ClN4O2/c1-5-23-15-13(17)7-12(8-14(15)22-4)9-18-21-16-19-10(2)6-11(3)20-16/h6-9H,5H2,1-4H3,(H,19,20,21)/b18-9-. The van der Waals surface area contributed by atoms with Crippen LogP contribution in [0.4, 0.5) is 5.95 Å². The molecule has 0 saturated carbocycles. The minimum Gasteiger partial charge on any atom is -0.493 e. The first-order chi connectivity index (χ1) is 11.0. The van der Waals surface area contributed by atoms with E-state index in [9.17, 15) is 0 Å². The molecule has 1 aromatic heterocycles. The van der Waals surface area contributed by atoms with Gasteiger partial charge in [0.25, 0.3) is 0 Å². The average molecular weight is 335 g/mol. The zero-order valence-corrected chi connectivity index (χ0v) is 14.3. The molecule has 23 heavy (non-hydrogen) atoms. The van der Waals surface area contributed by atoms with Crippen LogP contribution in [-0.2, 0) is 0 Å². The minimum atomic E-state index is 0.447. The van der Waals surface area contributed by atoms with Gasteiger partial charge in [0, 0.05) is 11.4 Å². The lowest BCUT2D eigenvalue weighted by molar-refractivity contribution is 0.311. The molecule has 1 aromatic carbocycles. The van der Waals surface area contributed by atoms with E-state index in [0.29, 0.717) is 29.1 Å². The van der Waals surface area contributed by atoms with Gasteiger partial charge in [0.05, 0.1) is 25.0 Å². The van der Waals surface area contributed by atoms with Crippen molar-refractivity contribution in [2.45, 2.75) is 20.8 Å². The summed E-state index contributed by atoms with van der Waals surface area (Å²) in [5, 5.41) is 4.60. The fraction of sp³-hybridized carbons (Fsp3) is 0.312. The summed E-state index contributed by atoms with van der Waals surface area (Å²) in [6.45, 7) is 6.20. The Morgan fingerprint density at radius 3 is 2.52 bits per heavy atom. The van der Waals surface area contributed by atoms with E-state index in [1.807, 2.05) is 26.8 Å². The number of nitrogens with one attached hydrogen (secondary N) is 1. The van der Waals surface area contributed by atoms with Crippen molar-refractivity contribution in [3.63, 3.8) is 0 Å². The first kappa shape index (κ1) is 17.0. The van der Waals surface area contributed by atoms with Crippen LogP contribution in [0.25, 0.3) is 0 Å². The van der Waals surface area contributed by atoms with E-state index in [2.05, 4.69) is 20.5 Å². The highest BCUT2D eigenvalue weighted by Gasteiger charge is 2.10. The molecule has 0 saturated heterocycles. The quantitative estimate of drug-likeness (QED) is 0.645. The van der Waals surface area contributed by atoms with E-state index in [1.54, 1.807) is 25.5 Å². The summed E-state index contributed by atoms with van der Waals surface area (Å²) >= 11 is 6.22. The highest BCUT2D eigenvalue weighted by Crippen LogP contribution is 2.35. The fourth-order valence-corrected chi connectivity index (χ4v) is 2.31. The molecule has 0 aliphatic rings. The van der Waals surface area contributed by atoms with Crippen LogP contribution in [0.15, 0.2) is 23.3 Å². The van der Waals surface area contributed by atoms with Gasteiger partial charge in [-0.15, -0.1) is 0 Å². The van der Waals surface area contributed by atoms with E-state index in [-0.39, 0.29) is 0 Å². The molecular weight excluding hydrogens is 316 g/mol.